The Morgan fingerprint density at radius 1 is 1.21 bits per heavy atom. The van der Waals surface area contributed by atoms with Crippen molar-refractivity contribution in [1.29, 1.82) is 0 Å². The predicted molar refractivity (Wildman–Crippen MR) is 100 cm³/mol. The summed E-state index contributed by atoms with van der Waals surface area (Å²) in [6.07, 6.45) is 3.07. The number of ether oxygens (including phenoxy) is 1. The zero-order valence-corrected chi connectivity index (χ0v) is 15.6. The van der Waals surface area contributed by atoms with Crippen LogP contribution >= 0.6 is 0 Å². The van der Waals surface area contributed by atoms with Gasteiger partial charge >= 0.3 is 5.97 Å². The molecule has 4 rings (SSSR count). The van der Waals surface area contributed by atoms with Gasteiger partial charge in [-0.1, -0.05) is 18.2 Å². The van der Waals surface area contributed by atoms with E-state index in [9.17, 15) is 13.6 Å². The summed E-state index contributed by atoms with van der Waals surface area (Å²) < 4.78 is 32.9. The molecule has 1 aliphatic heterocycles. The van der Waals surface area contributed by atoms with Crippen molar-refractivity contribution in [3.8, 4) is 5.75 Å². The highest BCUT2D eigenvalue weighted by Gasteiger charge is 2.49. The van der Waals surface area contributed by atoms with Gasteiger partial charge in [-0.2, -0.15) is 0 Å². The predicted octanol–water partition coefficient (Wildman–Crippen LogP) is 4.26. The number of aliphatic carboxylic acids is 1. The monoisotopic (exact) mass is 387 g/mol. The van der Waals surface area contributed by atoms with Crippen molar-refractivity contribution in [3.05, 3.63) is 64.7 Å². The van der Waals surface area contributed by atoms with E-state index < -0.39 is 17.6 Å². The van der Waals surface area contributed by atoms with Gasteiger partial charge in [0.1, 0.15) is 12.4 Å². The SMILES string of the molecule is O=C(O)CCCN1Cc2ccc(OCc3cccc(F)c3F)cc2C2(CC2)C1. The lowest BCUT2D eigenvalue weighted by Crippen LogP contribution is -2.38. The van der Waals surface area contributed by atoms with Gasteiger partial charge in [-0.05, 0) is 55.1 Å². The summed E-state index contributed by atoms with van der Waals surface area (Å²) in [5.41, 5.74) is 2.84. The van der Waals surface area contributed by atoms with E-state index >= 15 is 0 Å². The first-order valence-corrected chi connectivity index (χ1v) is 9.60. The first kappa shape index (κ1) is 18.9. The van der Waals surface area contributed by atoms with Crippen LogP contribution in [0.1, 0.15) is 42.4 Å². The Labute approximate surface area is 162 Å². The summed E-state index contributed by atoms with van der Waals surface area (Å²) in [5.74, 6) is -1.83. The molecule has 4 nitrogen and oxygen atoms in total. The third-order valence-electron chi connectivity index (χ3n) is 5.72. The number of carbonyl (C=O) groups is 1. The minimum atomic E-state index is -0.869. The lowest BCUT2D eigenvalue weighted by molar-refractivity contribution is -0.137. The van der Waals surface area contributed by atoms with Crippen LogP contribution in [0.5, 0.6) is 5.75 Å². The van der Waals surface area contributed by atoms with Gasteiger partial charge in [0.05, 0.1) is 0 Å². The molecule has 1 heterocycles. The van der Waals surface area contributed by atoms with Crippen LogP contribution in [-0.4, -0.2) is 29.1 Å². The number of hydrogen-bond donors (Lipinski definition) is 1. The van der Waals surface area contributed by atoms with Crippen molar-refractivity contribution in [2.75, 3.05) is 13.1 Å². The molecule has 6 heteroatoms. The molecular formula is C22H23F2NO3. The second kappa shape index (κ2) is 7.51. The van der Waals surface area contributed by atoms with E-state index in [1.54, 1.807) is 0 Å². The summed E-state index contributed by atoms with van der Waals surface area (Å²) in [6, 6.07) is 10.0. The minimum absolute atomic E-state index is 0.0172. The van der Waals surface area contributed by atoms with E-state index in [0.717, 1.165) is 38.5 Å². The van der Waals surface area contributed by atoms with Crippen molar-refractivity contribution in [2.24, 2.45) is 0 Å². The largest absolute Gasteiger partial charge is 0.489 e. The highest BCUT2D eigenvalue weighted by Crippen LogP contribution is 2.53. The second-order valence-electron chi connectivity index (χ2n) is 7.81. The van der Waals surface area contributed by atoms with Crippen LogP contribution in [0.4, 0.5) is 8.78 Å². The van der Waals surface area contributed by atoms with Gasteiger partial charge in [-0.3, -0.25) is 9.69 Å². The van der Waals surface area contributed by atoms with Gasteiger partial charge < -0.3 is 9.84 Å². The lowest BCUT2D eigenvalue weighted by atomic mass is 9.86. The van der Waals surface area contributed by atoms with Crippen LogP contribution < -0.4 is 4.74 Å². The molecule has 1 saturated carbocycles. The summed E-state index contributed by atoms with van der Waals surface area (Å²) in [4.78, 5) is 13.1. The molecule has 0 radical (unpaired) electrons. The lowest BCUT2D eigenvalue weighted by Gasteiger charge is -2.35. The molecule has 2 aromatic carbocycles. The zero-order chi connectivity index (χ0) is 19.7. The average Bonchev–Trinajstić information content (AvgIpc) is 3.43. The molecule has 1 N–H and O–H groups in total. The van der Waals surface area contributed by atoms with Crippen LogP contribution in [-0.2, 0) is 23.4 Å². The normalized spacial score (nSPS) is 17.4. The molecule has 0 amide bonds. The number of nitrogens with zero attached hydrogens (tertiary/aromatic N) is 1. The maximum Gasteiger partial charge on any atom is 0.303 e. The molecule has 1 fully saturated rings. The highest BCUT2D eigenvalue weighted by atomic mass is 19.2. The van der Waals surface area contributed by atoms with Crippen molar-refractivity contribution >= 4 is 5.97 Å². The topological polar surface area (TPSA) is 49.8 Å². The van der Waals surface area contributed by atoms with Gasteiger partial charge in [0.25, 0.3) is 0 Å². The summed E-state index contributed by atoms with van der Waals surface area (Å²) in [6.45, 7) is 2.50. The number of halogens is 2. The molecular weight excluding hydrogens is 364 g/mol. The highest BCUT2D eigenvalue weighted by molar-refractivity contribution is 5.66. The van der Waals surface area contributed by atoms with Gasteiger partial charge in [-0.15, -0.1) is 0 Å². The summed E-state index contributed by atoms with van der Waals surface area (Å²) in [5, 5.41) is 8.83. The molecule has 2 aliphatic rings. The van der Waals surface area contributed by atoms with Crippen LogP contribution in [0.3, 0.4) is 0 Å². The van der Waals surface area contributed by atoms with E-state index in [2.05, 4.69) is 4.90 Å². The van der Waals surface area contributed by atoms with Gasteiger partial charge in [0.2, 0.25) is 0 Å². The number of rotatable bonds is 7. The van der Waals surface area contributed by atoms with Crippen molar-refractivity contribution < 1.29 is 23.4 Å². The molecule has 0 saturated heterocycles. The van der Waals surface area contributed by atoms with Crippen molar-refractivity contribution in [2.45, 2.75) is 44.2 Å². The Kier molecular flexibility index (Phi) is 5.06. The van der Waals surface area contributed by atoms with Gasteiger partial charge in [0.15, 0.2) is 11.6 Å². The van der Waals surface area contributed by atoms with Crippen LogP contribution in [0.2, 0.25) is 0 Å². The fraction of sp³-hybridized carbons (Fsp3) is 0.409. The third kappa shape index (κ3) is 3.87. The molecule has 148 valence electrons. The number of hydrogen-bond acceptors (Lipinski definition) is 3. The number of fused-ring (bicyclic) bond motifs is 2. The third-order valence-corrected chi connectivity index (χ3v) is 5.72. The zero-order valence-electron chi connectivity index (χ0n) is 15.6. The standard InChI is InChI=1S/C22H23F2NO3/c23-19-4-1-3-16(21(19)24)13-28-17-7-6-15-12-25(10-2-5-20(26)27)14-22(8-9-22)18(15)11-17/h1,3-4,6-7,11H,2,5,8-10,12-14H2,(H,26,27). The smallest absolute Gasteiger partial charge is 0.303 e. The van der Waals surface area contributed by atoms with Crippen LogP contribution in [0.15, 0.2) is 36.4 Å². The molecule has 28 heavy (non-hydrogen) atoms. The molecule has 2 aromatic rings. The number of carboxylic acids is 1. The van der Waals surface area contributed by atoms with Crippen LogP contribution in [0.25, 0.3) is 0 Å². The Bertz CT molecular complexity index is 895. The molecule has 0 unspecified atom stereocenters. The van der Waals surface area contributed by atoms with E-state index in [0.29, 0.717) is 12.2 Å². The molecule has 0 bridgehead atoms. The van der Waals surface area contributed by atoms with E-state index in [1.165, 1.54) is 23.3 Å². The van der Waals surface area contributed by atoms with Crippen molar-refractivity contribution in [3.63, 3.8) is 0 Å². The van der Waals surface area contributed by atoms with Gasteiger partial charge in [-0.25, -0.2) is 8.78 Å². The Balaban J connectivity index is 1.45. The Morgan fingerprint density at radius 2 is 2.04 bits per heavy atom. The maximum atomic E-state index is 13.8. The number of benzene rings is 2. The van der Waals surface area contributed by atoms with E-state index in [4.69, 9.17) is 9.84 Å². The quantitative estimate of drug-likeness (QED) is 0.771. The maximum absolute atomic E-state index is 13.8. The fourth-order valence-electron chi connectivity index (χ4n) is 4.10. The summed E-state index contributed by atoms with van der Waals surface area (Å²) >= 11 is 0. The van der Waals surface area contributed by atoms with Gasteiger partial charge in [0, 0.05) is 30.5 Å². The van der Waals surface area contributed by atoms with Crippen molar-refractivity contribution in [1.82, 2.24) is 4.90 Å². The number of carboxylic acid groups (broad SMARTS) is 1. The van der Waals surface area contributed by atoms with Crippen LogP contribution in [0, 0.1) is 11.6 Å². The minimum Gasteiger partial charge on any atom is -0.489 e. The fourth-order valence-corrected chi connectivity index (χ4v) is 4.10. The Hall–Kier alpha value is -2.47. The molecule has 0 atom stereocenters. The Morgan fingerprint density at radius 3 is 2.79 bits per heavy atom. The second-order valence-corrected chi connectivity index (χ2v) is 7.81. The molecule has 0 aromatic heterocycles. The molecule has 1 spiro atoms. The first-order chi connectivity index (χ1) is 13.5. The van der Waals surface area contributed by atoms with E-state index in [-0.39, 0.29) is 24.0 Å². The molecule has 1 aliphatic carbocycles. The average molecular weight is 387 g/mol. The summed E-state index contributed by atoms with van der Waals surface area (Å²) in [7, 11) is 0. The first-order valence-electron chi connectivity index (χ1n) is 9.60. The van der Waals surface area contributed by atoms with E-state index in [1.807, 2.05) is 18.2 Å².